The molecule has 0 saturated carbocycles. The summed E-state index contributed by atoms with van der Waals surface area (Å²) in [6.07, 6.45) is 0. The van der Waals surface area contributed by atoms with Gasteiger partial charge < -0.3 is 4.74 Å². The Bertz CT molecular complexity index is 1070. The van der Waals surface area contributed by atoms with Gasteiger partial charge in [0.05, 0.1) is 18.5 Å². The third kappa shape index (κ3) is 2.76. The second-order valence-electron chi connectivity index (χ2n) is 7.14. The van der Waals surface area contributed by atoms with E-state index in [1.54, 1.807) is 11.6 Å². The highest BCUT2D eigenvalue weighted by molar-refractivity contribution is 7.19. The van der Waals surface area contributed by atoms with Crippen molar-refractivity contribution >= 4 is 16.3 Å². The largest absolute Gasteiger partial charge is 0.497 e. The molecule has 0 unspecified atom stereocenters. The highest BCUT2D eigenvalue weighted by atomic mass is 32.1. The first-order chi connectivity index (χ1) is 12.4. The first-order valence-corrected chi connectivity index (χ1v) is 9.10. The number of hydrogen-bond acceptors (Lipinski definition) is 6. The Morgan fingerprint density at radius 2 is 1.77 bits per heavy atom. The third-order valence-corrected chi connectivity index (χ3v) is 5.13. The lowest BCUT2D eigenvalue weighted by Gasteiger charge is -2.13. The maximum absolute atomic E-state index is 5.21. The van der Waals surface area contributed by atoms with Crippen LogP contribution in [0.4, 0.5) is 0 Å². The van der Waals surface area contributed by atoms with E-state index in [1.807, 2.05) is 36.0 Å². The summed E-state index contributed by atoms with van der Waals surface area (Å²) in [4.78, 5) is 0.754. The molecule has 26 heavy (non-hydrogen) atoms. The molecule has 134 valence electrons. The number of rotatable bonds is 3. The molecule has 0 saturated heterocycles. The number of nitrogens with zero attached hydrogens (tertiary/aromatic N) is 6. The molecule has 3 aromatic heterocycles. The fourth-order valence-electron chi connectivity index (χ4n) is 2.67. The lowest BCUT2D eigenvalue weighted by atomic mass is 9.92. The molecule has 8 heteroatoms. The minimum Gasteiger partial charge on any atom is -0.497 e. The minimum atomic E-state index is -0.0107. The maximum Gasteiger partial charge on any atom is 0.235 e. The molecule has 0 fully saturated rings. The number of fused-ring (bicyclic) bond motifs is 1. The molecule has 3 heterocycles. The van der Waals surface area contributed by atoms with E-state index in [0.717, 1.165) is 32.7 Å². The van der Waals surface area contributed by atoms with Gasteiger partial charge in [0.1, 0.15) is 5.75 Å². The van der Waals surface area contributed by atoms with Gasteiger partial charge in [-0.1, -0.05) is 32.1 Å². The summed E-state index contributed by atoms with van der Waals surface area (Å²) in [5.74, 6) is 1.52. The Morgan fingerprint density at radius 1 is 1.04 bits per heavy atom. The number of benzene rings is 1. The Hall–Kier alpha value is -2.74. The SMILES string of the molecule is COc1ccc(-c2nnc3sc(-c4cc(C(C)(C)C)nn4C)nn23)cc1. The van der Waals surface area contributed by atoms with Gasteiger partial charge in [-0.05, 0) is 30.3 Å². The van der Waals surface area contributed by atoms with Crippen LogP contribution in [0, 0.1) is 0 Å². The second-order valence-corrected chi connectivity index (χ2v) is 8.10. The molecule has 0 bridgehead atoms. The zero-order valence-corrected chi connectivity index (χ0v) is 16.2. The third-order valence-electron chi connectivity index (χ3n) is 4.21. The number of methoxy groups -OCH3 is 1. The molecule has 0 spiro atoms. The van der Waals surface area contributed by atoms with Gasteiger partial charge in [-0.3, -0.25) is 4.68 Å². The predicted octanol–water partition coefficient (Wildman–Crippen LogP) is 3.56. The van der Waals surface area contributed by atoms with Gasteiger partial charge in [0, 0.05) is 18.0 Å². The van der Waals surface area contributed by atoms with Crippen LogP contribution in [0.5, 0.6) is 5.75 Å². The normalized spacial score (nSPS) is 12.0. The Kier molecular flexibility index (Phi) is 3.80. The number of hydrogen-bond donors (Lipinski definition) is 0. The van der Waals surface area contributed by atoms with Gasteiger partial charge in [0.2, 0.25) is 4.96 Å². The molecule has 4 aromatic rings. The van der Waals surface area contributed by atoms with E-state index in [4.69, 9.17) is 9.84 Å². The van der Waals surface area contributed by atoms with Crippen LogP contribution in [0.15, 0.2) is 30.3 Å². The zero-order valence-electron chi connectivity index (χ0n) is 15.4. The van der Waals surface area contributed by atoms with Crippen LogP contribution < -0.4 is 4.74 Å². The average Bonchev–Trinajstić information content (AvgIpc) is 3.27. The molecule has 0 N–H and O–H groups in total. The van der Waals surface area contributed by atoms with Crippen molar-refractivity contribution in [1.29, 1.82) is 0 Å². The summed E-state index contributed by atoms with van der Waals surface area (Å²) in [6.45, 7) is 6.46. The molecular formula is C18H20N6OS. The smallest absolute Gasteiger partial charge is 0.235 e. The first kappa shape index (κ1) is 16.7. The number of ether oxygens (including phenoxy) is 1. The molecular weight excluding hydrogens is 348 g/mol. The molecule has 0 aliphatic carbocycles. The highest BCUT2D eigenvalue weighted by Crippen LogP contribution is 2.31. The lowest BCUT2D eigenvalue weighted by Crippen LogP contribution is -2.12. The van der Waals surface area contributed by atoms with E-state index in [9.17, 15) is 0 Å². The molecule has 0 aliphatic heterocycles. The van der Waals surface area contributed by atoms with Crippen molar-refractivity contribution in [2.45, 2.75) is 26.2 Å². The molecule has 7 nitrogen and oxygen atoms in total. The summed E-state index contributed by atoms with van der Waals surface area (Å²) in [6, 6.07) is 9.81. The topological polar surface area (TPSA) is 70.1 Å². The average molecular weight is 368 g/mol. The molecule has 1 aromatic carbocycles. The van der Waals surface area contributed by atoms with E-state index in [2.05, 4.69) is 42.1 Å². The summed E-state index contributed by atoms with van der Waals surface area (Å²) in [5, 5.41) is 18.8. The van der Waals surface area contributed by atoms with Gasteiger partial charge in [0.25, 0.3) is 0 Å². The van der Waals surface area contributed by atoms with Crippen molar-refractivity contribution in [3.05, 3.63) is 36.0 Å². The van der Waals surface area contributed by atoms with Crippen molar-refractivity contribution in [1.82, 2.24) is 29.6 Å². The van der Waals surface area contributed by atoms with Crippen molar-refractivity contribution in [2.24, 2.45) is 7.05 Å². The molecule has 0 amide bonds. The molecule has 4 rings (SSSR count). The van der Waals surface area contributed by atoms with Crippen molar-refractivity contribution in [2.75, 3.05) is 7.11 Å². The Labute approximate surface area is 155 Å². The molecule has 0 atom stereocenters. The van der Waals surface area contributed by atoms with Crippen molar-refractivity contribution in [3.63, 3.8) is 0 Å². The van der Waals surface area contributed by atoms with Crippen LogP contribution >= 0.6 is 11.3 Å². The van der Waals surface area contributed by atoms with E-state index >= 15 is 0 Å². The van der Waals surface area contributed by atoms with Crippen LogP contribution in [0.2, 0.25) is 0 Å². The molecule has 0 radical (unpaired) electrons. The van der Waals surface area contributed by atoms with E-state index < -0.39 is 0 Å². The highest BCUT2D eigenvalue weighted by Gasteiger charge is 2.22. The van der Waals surface area contributed by atoms with Gasteiger partial charge in [0.15, 0.2) is 10.8 Å². The fourth-order valence-corrected chi connectivity index (χ4v) is 3.56. The standard InChI is InChI=1S/C18H20N6OS/c1-18(2,3)14-10-13(23(4)21-14)16-22-24-15(19-20-17(24)26-16)11-6-8-12(25-5)9-7-11/h6-10H,1-5H3. The van der Waals surface area contributed by atoms with E-state index in [0.29, 0.717) is 5.82 Å². The lowest BCUT2D eigenvalue weighted by molar-refractivity contribution is 0.415. The van der Waals surface area contributed by atoms with E-state index in [-0.39, 0.29) is 5.41 Å². The summed E-state index contributed by atoms with van der Waals surface area (Å²) in [7, 11) is 3.59. The van der Waals surface area contributed by atoms with Gasteiger partial charge >= 0.3 is 0 Å². The Balaban J connectivity index is 1.77. The summed E-state index contributed by atoms with van der Waals surface area (Å²) >= 11 is 1.50. The van der Waals surface area contributed by atoms with Crippen LogP contribution in [0.25, 0.3) is 27.1 Å². The zero-order chi connectivity index (χ0) is 18.5. The van der Waals surface area contributed by atoms with Crippen molar-refractivity contribution < 1.29 is 4.74 Å². The van der Waals surface area contributed by atoms with Gasteiger partial charge in [-0.2, -0.15) is 14.7 Å². The van der Waals surface area contributed by atoms with E-state index in [1.165, 1.54) is 11.3 Å². The van der Waals surface area contributed by atoms with Gasteiger partial charge in [-0.15, -0.1) is 10.2 Å². The van der Waals surface area contributed by atoms with Crippen LogP contribution in [-0.2, 0) is 12.5 Å². The molecule has 0 aliphatic rings. The van der Waals surface area contributed by atoms with Crippen LogP contribution in [-0.4, -0.2) is 36.7 Å². The Morgan fingerprint density at radius 3 is 2.38 bits per heavy atom. The number of aromatic nitrogens is 6. The summed E-state index contributed by atoms with van der Waals surface area (Å²) < 4.78 is 8.87. The summed E-state index contributed by atoms with van der Waals surface area (Å²) in [5.41, 5.74) is 2.95. The quantitative estimate of drug-likeness (QED) is 0.553. The minimum absolute atomic E-state index is 0.0107. The van der Waals surface area contributed by atoms with Crippen LogP contribution in [0.3, 0.4) is 0 Å². The monoisotopic (exact) mass is 368 g/mol. The fraction of sp³-hybridized carbons (Fsp3) is 0.333. The number of aryl methyl sites for hydroxylation is 1. The predicted molar refractivity (Wildman–Crippen MR) is 102 cm³/mol. The van der Waals surface area contributed by atoms with Gasteiger partial charge in [-0.25, -0.2) is 0 Å². The second kappa shape index (κ2) is 5.91. The van der Waals surface area contributed by atoms with Crippen LogP contribution in [0.1, 0.15) is 26.5 Å². The first-order valence-electron chi connectivity index (χ1n) is 8.28. The van der Waals surface area contributed by atoms with Crippen molar-refractivity contribution in [3.8, 4) is 27.8 Å². The maximum atomic E-state index is 5.21.